The monoisotopic (exact) mass is 440 g/mol. The van der Waals surface area contributed by atoms with Crippen molar-refractivity contribution in [3.63, 3.8) is 0 Å². The van der Waals surface area contributed by atoms with Crippen molar-refractivity contribution in [2.24, 2.45) is 4.99 Å². The summed E-state index contributed by atoms with van der Waals surface area (Å²) < 4.78 is 6.90. The number of fused-ring (bicyclic) bond motifs is 3. The van der Waals surface area contributed by atoms with Crippen molar-refractivity contribution in [2.75, 3.05) is 20.7 Å². The molecule has 4 heteroatoms. The highest BCUT2D eigenvalue weighted by Gasteiger charge is 2.29. The molecule has 1 heterocycles. The number of benzene rings is 3. The average Bonchev–Trinajstić information content (AvgIpc) is 2.85. The summed E-state index contributed by atoms with van der Waals surface area (Å²) in [4.78, 5) is 4.37. The maximum absolute atomic E-state index is 12.9. The lowest BCUT2D eigenvalue weighted by molar-refractivity contribution is -0.929. The minimum absolute atomic E-state index is 0.236. The van der Waals surface area contributed by atoms with E-state index in [4.69, 9.17) is 4.74 Å². The van der Waals surface area contributed by atoms with Crippen LogP contribution in [0.4, 0.5) is 5.69 Å². The smallest absolute Gasteiger partial charge is 0.127 e. The molecule has 1 aliphatic carbocycles. The van der Waals surface area contributed by atoms with Crippen molar-refractivity contribution in [2.45, 2.75) is 44.7 Å². The number of hydrogen-bond acceptors (Lipinski definition) is 3. The zero-order valence-corrected chi connectivity index (χ0v) is 19.6. The summed E-state index contributed by atoms with van der Waals surface area (Å²) in [7, 11) is 4.68. The van der Waals surface area contributed by atoms with Crippen LogP contribution in [0, 0.1) is 0 Å². The molecule has 1 fully saturated rings. The molecule has 0 N–H and O–H groups in total. The molecular formula is C29H32N2O2. The Hall–Kier alpha value is -3.11. The lowest BCUT2D eigenvalue weighted by Gasteiger charge is -2.40. The van der Waals surface area contributed by atoms with E-state index in [0.717, 1.165) is 39.2 Å². The van der Waals surface area contributed by atoms with Crippen LogP contribution < -0.4 is 9.84 Å². The number of aliphatic imine (C=N–C) groups is 1. The lowest BCUT2D eigenvalue weighted by atomic mass is 9.92. The fraction of sp³-hybridized carbons (Fsp3) is 0.345. The van der Waals surface area contributed by atoms with Crippen LogP contribution in [0.2, 0.25) is 0 Å². The van der Waals surface area contributed by atoms with Gasteiger partial charge < -0.3 is 14.3 Å². The molecule has 0 spiro atoms. The summed E-state index contributed by atoms with van der Waals surface area (Å²) in [6, 6.07) is 21.1. The van der Waals surface area contributed by atoms with Gasteiger partial charge >= 0.3 is 0 Å². The van der Waals surface area contributed by atoms with Crippen molar-refractivity contribution < 1.29 is 14.3 Å². The Morgan fingerprint density at radius 2 is 1.73 bits per heavy atom. The van der Waals surface area contributed by atoms with Gasteiger partial charge in [0, 0.05) is 16.7 Å². The van der Waals surface area contributed by atoms with Crippen LogP contribution in [0.5, 0.6) is 5.75 Å². The molecule has 0 aromatic heterocycles. The first-order valence-electron chi connectivity index (χ1n) is 12.0. The van der Waals surface area contributed by atoms with Gasteiger partial charge in [-0.1, -0.05) is 48.9 Å². The lowest BCUT2D eigenvalue weighted by Crippen LogP contribution is -2.48. The molecular weight excluding hydrogens is 408 g/mol. The second-order valence-electron chi connectivity index (χ2n) is 9.97. The molecule has 4 nitrogen and oxygen atoms in total. The van der Waals surface area contributed by atoms with Crippen molar-refractivity contribution in [3.05, 3.63) is 77.4 Å². The van der Waals surface area contributed by atoms with Crippen LogP contribution >= 0.6 is 0 Å². The second-order valence-corrected chi connectivity index (χ2v) is 9.97. The van der Waals surface area contributed by atoms with E-state index in [9.17, 15) is 5.11 Å². The van der Waals surface area contributed by atoms with Crippen molar-refractivity contribution >= 4 is 28.4 Å². The Morgan fingerprint density at radius 3 is 2.52 bits per heavy atom. The molecule has 0 bridgehead atoms. The van der Waals surface area contributed by atoms with E-state index in [1.165, 1.54) is 37.7 Å². The number of nitrogens with zero attached hydrogens (tertiary/aromatic N) is 2. The van der Waals surface area contributed by atoms with E-state index in [1.54, 1.807) is 0 Å². The van der Waals surface area contributed by atoms with Crippen LogP contribution in [0.15, 0.2) is 71.2 Å². The van der Waals surface area contributed by atoms with Gasteiger partial charge in [0.25, 0.3) is 0 Å². The zero-order valence-electron chi connectivity index (χ0n) is 19.6. The third-order valence-corrected chi connectivity index (χ3v) is 7.23. The van der Waals surface area contributed by atoms with Crippen LogP contribution in [0.3, 0.4) is 0 Å². The van der Waals surface area contributed by atoms with Gasteiger partial charge in [-0.25, -0.2) is 0 Å². The number of quaternary nitrogens is 1. The summed E-state index contributed by atoms with van der Waals surface area (Å²) in [5, 5.41) is 15.1. The van der Waals surface area contributed by atoms with Gasteiger partial charge in [0.1, 0.15) is 18.9 Å². The van der Waals surface area contributed by atoms with Gasteiger partial charge in [-0.3, -0.25) is 4.99 Å². The summed E-state index contributed by atoms with van der Waals surface area (Å²) in [5.41, 5.74) is 3.52. The van der Waals surface area contributed by atoms with E-state index in [0.29, 0.717) is 11.3 Å². The van der Waals surface area contributed by atoms with Gasteiger partial charge in [-0.2, -0.15) is 0 Å². The molecule has 0 saturated heterocycles. The summed E-state index contributed by atoms with van der Waals surface area (Å²) in [5.74, 6) is 0.577. The third-order valence-electron chi connectivity index (χ3n) is 7.23. The molecule has 0 unspecified atom stereocenters. The molecule has 0 atom stereocenters. The molecule has 3 aromatic rings. The van der Waals surface area contributed by atoms with Gasteiger partial charge in [0.2, 0.25) is 0 Å². The number of rotatable bonds is 5. The van der Waals surface area contributed by atoms with Crippen LogP contribution in [-0.2, 0) is 6.54 Å². The quantitative estimate of drug-likeness (QED) is 0.294. The third kappa shape index (κ3) is 4.67. The highest BCUT2D eigenvalue weighted by atomic mass is 16.5. The highest BCUT2D eigenvalue weighted by molar-refractivity contribution is 6.02. The van der Waals surface area contributed by atoms with E-state index >= 15 is 0 Å². The Morgan fingerprint density at radius 1 is 0.970 bits per heavy atom. The molecule has 5 rings (SSSR count). The first kappa shape index (κ1) is 21.7. The molecule has 0 amide bonds. The molecule has 0 radical (unpaired) electrons. The molecule has 3 aromatic carbocycles. The molecule has 1 saturated carbocycles. The maximum Gasteiger partial charge on any atom is 0.127 e. The minimum atomic E-state index is -0.236. The standard InChI is InChI=1S/C29H32N2O2/c1-31(2,25-9-4-3-5-10-25)19-21-12-15-24(16-13-21)30-29(32)23-18-27-26-11-7-6-8-22(26)14-17-28(27)33-20-23/h6-8,11-18,25H,3-5,9-10,19-20H2,1-2H3. The largest absolute Gasteiger partial charge is 0.858 e. The molecule has 33 heavy (non-hydrogen) atoms. The molecule has 1 aliphatic heterocycles. The van der Waals surface area contributed by atoms with Gasteiger partial charge in [-0.15, -0.1) is 0 Å². The SMILES string of the molecule is C[N+](C)(Cc1ccc(N=C([O-])C2=Cc3c(ccc4ccccc34)OC2)cc1)C1CCCCC1. The predicted molar refractivity (Wildman–Crippen MR) is 134 cm³/mol. The zero-order chi connectivity index (χ0) is 22.8. The predicted octanol–water partition coefficient (Wildman–Crippen LogP) is 5.62. The van der Waals surface area contributed by atoms with E-state index in [-0.39, 0.29) is 12.5 Å². The van der Waals surface area contributed by atoms with E-state index < -0.39 is 0 Å². The fourth-order valence-electron chi connectivity index (χ4n) is 5.29. The van der Waals surface area contributed by atoms with Gasteiger partial charge in [0.15, 0.2) is 0 Å². The Kier molecular flexibility index (Phi) is 5.94. The van der Waals surface area contributed by atoms with Gasteiger partial charge in [0.05, 0.1) is 25.8 Å². The summed E-state index contributed by atoms with van der Waals surface area (Å²) in [6.07, 6.45) is 8.67. The van der Waals surface area contributed by atoms with Crippen LogP contribution in [0.25, 0.3) is 16.8 Å². The highest BCUT2D eigenvalue weighted by Crippen LogP contribution is 2.33. The van der Waals surface area contributed by atoms with Crippen molar-refractivity contribution in [1.29, 1.82) is 0 Å². The minimum Gasteiger partial charge on any atom is -0.858 e. The number of hydrogen-bond donors (Lipinski definition) is 0. The topological polar surface area (TPSA) is 44.7 Å². The first-order valence-corrected chi connectivity index (χ1v) is 12.0. The fourth-order valence-corrected chi connectivity index (χ4v) is 5.29. The normalized spacial score (nSPS) is 17.4. The average molecular weight is 441 g/mol. The van der Waals surface area contributed by atoms with Crippen LogP contribution in [-0.4, -0.2) is 37.1 Å². The Labute approximate surface area is 196 Å². The first-order chi connectivity index (χ1) is 16.0. The molecule has 2 aliphatic rings. The van der Waals surface area contributed by atoms with E-state index in [1.807, 2.05) is 36.4 Å². The van der Waals surface area contributed by atoms with Gasteiger partial charge in [-0.05, 0) is 66.6 Å². The number of ether oxygens (including phenoxy) is 1. The maximum atomic E-state index is 12.9. The summed E-state index contributed by atoms with van der Waals surface area (Å²) >= 11 is 0. The van der Waals surface area contributed by atoms with E-state index in [2.05, 4.69) is 49.4 Å². The van der Waals surface area contributed by atoms with Crippen molar-refractivity contribution in [3.8, 4) is 5.75 Å². The Bertz CT molecular complexity index is 1200. The van der Waals surface area contributed by atoms with Crippen LogP contribution in [0.1, 0.15) is 43.2 Å². The Balaban J connectivity index is 1.34. The molecule has 170 valence electrons. The second kappa shape index (κ2) is 9.03. The summed E-state index contributed by atoms with van der Waals surface area (Å²) in [6.45, 7) is 1.25. The van der Waals surface area contributed by atoms with Crippen molar-refractivity contribution in [1.82, 2.24) is 0 Å².